The summed E-state index contributed by atoms with van der Waals surface area (Å²) in [4.78, 5) is 11.0. The van der Waals surface area contributed by atoms with Crippen molar-refractivity contribution in [2.45, 2.75) is 13.3 Å². The lowest BCUT2D eigenvalue weighted by atomic mass is 10.2. The van der Waals surface area contributed by atoms with Crippen molar-refractivity contribution in [2.75, 3.05) is 6.61 Å². The Kier molecular flexibility index (Phi) is 3.92. The van der Waals surface area contributed by atoms with Crippen LogP contribution in [0.1, 0.15) is 12.5 Å². The van der Waals surface area contributed by atoms with Crippen molar-refractivity contribution in [1.29, 1.82) is 0 Å². The molecule has 14 heavy (non-hydrogen) atoms. The number of hydrogen-bond donors (Lipinski definition) is 0. The molecule has 0 saturated heterocycles. The number of benzene rings is 1. The summed E-state index contributed by atoms with van der Waals surface area (Å²) in [7, 11) is 0. The third kappa shape index (κ3) is 3.44. The molecular weight excluding hydrogens is 176 g/mol. The maximum atomic E-state index is 11.0. The molecule has 0 radical (unpaired) electrons. The Morgan fingerprint density at radius 1 is 1.36 bits per heavy atom. The Morgan fingerprint density at radius 2 is 2.00 bits per heavy atom. The van der Waals surface area contributed by atoms with Crippen molar-refractivity contribution in [2.24, 2.45) is 0 Å². The van der Waals surface area contributed by atoms with E-state index in [0.717, 1.165) is 6.42 Å². The first-order chi connectivity index (χ1) is 6.70. The largest absolute Gasteiger partial charge is 0.462 e. The Bertz CT molecular complexity index is 314. The summed E-state index contributed by atoms with van der Waals surface area (Å²) in [5.41, 5.74) is 1.61. The number of carbonyl (C=O) groups excluding carboxylic acids is 1. The maximum Gasteiger partial charge on any atom is 0.333 e. The van der Waals surface area contributed by atoms with Gasteiger partial charge in [0.2, 0.25) is 0 Å². The van der Waals surface area contributed by atoms with Crippen LogP contribution in [-0.4, -0.2) is 12.6 Å². The predicted octanol–water partition coefficient (Wildman–Crippen LogP) is 2.35. The zero-order chi connectivity index (χ0) is 10.4. The van der Waals surface area contributed by atoms with Gasteiger partial charge in [-0.05, 0) is 12.5 Å². The van der Waals surface area contributed by atoms with Crippen LogP contribution in [0.5, 0.6) is 0 Å². The van der Waals surface area contributed by atoms with Gasteiger partial charge < -0.3 is 4.74 Å². The SMILES string of the molecule is C=C(C)C(=O)OCCc1ccccc1. The van der Waals surface area contributed by atoms with E-state index in [1.165, 1.54) is 5.56 Å². The average Bonchev–Trinajstić information content (AvgIpc) is 2.19. The minimum atomic E-state index is -0.319. The first-order valence-corrected chi connectivity index (χ1v) is 4.56. The van der Waals surface area contributed by atoms with Crippen molar-refractivity contribution in [3.05, 3.63) is 48.0 Å². The van der Waals surface area contributed by atoms with Crippen LogP contribution in [0.2, 0.25) is 0 Å². The van der Waals surface area contributed by atoms with Crippen LogP contribution in [0, 0.1) is 0 Å². The number of rotatable bonds is 4. The normalized spacial score (nSPS) is 9.50. The maximum absolute atomic E-state index is 11.0. The number of ether oxygens (including phenoxy) is 1. The molecule has 74 valence electrons. The van der Waals surface area contributed by atoms with Gasteiger partial charge >= 0.3 is 5.97 Å². The molecule has 0 amide bonds. The Labute approximate surface area is 84.2 Å². The molecule has 1 rings (SSSR count). The van der Waals surface area contributed by atoms with Gasteiger partial charge in [0, 0.05) is 12.0 Å². The summed E-state index contributed by atoms with van der Waals surface area (Å²) in [6, 6.07) is 9.92. The van der Waals surface area contributed by atoms with Crippen molar-refractivity contribution in [3.63, 3.8) is 0 Å². The van der Waals surface area contributed by atoms with Crippen LogP contribution < -0.4 is 0 Å². The molecule has 0 aromatic heterocycles. The summed E-state index contributed by atoms with van der Waals surface area (Å²) in [6.45, 7) is 5.56. The van der Waals surface area contributed by atoms with E-state index in [9.17, 15) is 4.79 Å². The highest BCUT2D eigenvalue weighted by molar-refractivity contribution is 5.86. The highest BCUT2D eigenvalue weighted by Crippen LogP contribution is 2.00. The van der Waals surface area contributed by atoms with Crippen molar-refractivity contribution in [3.8, 4) is 0 Å². The minimum absolute atomic E-state index is 0.319. The van der Waals surface area contributed by atoms with Gasteiger partial charge in [0.25, 0.3) is 0 Å². The van der Waals surface area contributed by atoms with E-state index in [1.807, 2.05) is 30.3 Å². The molecule has 0 bridgehead atoms. The van der Waals surface area contributed by atoms with E-state index in [0.29, 0.717) is 12.2 Å². The van der Waals surface area contributed by atoms with E-state index < -0.39 is 0 Å². The molecule has 1 aromatic rings. The second kappa shape index (κ2) is 5.22. The van der Waals surface area contributed by atoms with Crippen LogP contribution in [0.4, 0.5) is 0 Å². The molecule has 1 aromatic carbocycles. The van der Waals surface area contributed by atoms with Gasteiger partial charge in [-0.3, -0.25) is 0 Å². The van der Waals surface area contributed by atoms with Crippen molar-refractivity contribution >= 4 is 5.97 Å². The quantitative estimate of drug-likeness (QED) is 0.538. The zero-order valence-electron chi connectivity index (χ0n) is 8.32. The van der Waals surface area contributed by atoms with E-state index >= 15 is 0 Å². The standard InChI is InChI=1S/C12H14O2/c1-10(2)12(13)14-9-8-11-6-4-3-5-7-11/h3-7H,1,8-9H2,2H3. The predicted molar refractivity (Wildman–Crippen MR) is 55.9 cm³/mol. The number of esters is 1. The summed E-state index contributed by atoms with van der Waals surface area (Å²) in [6.07, 6.45) is 0.750. The van der Waals surface area contributed by atoms with Gasteiger partial charge in [0.1, 0.15) is 0 Å². The first-order valence-electron chi connectivity index (χ1n) is 4.56. The molecule has 0 aliphatic heterocycles. The van der Waals surface area contributed by atoms with Gasteiger partial charge in [-0.1, -0.05) is 36.9 Å². The fourth-order valence-electron chi connectivity index (χ4n) is 1.03. The lowest BCUT2D eigenvalue weighted by molar-refractivity contribution is -0.138. The molecule has 0 aliphatic rings. The molecule has 0 heterocycles. The Balaban J connectivity index is 2.29. The highest BCUT2D eigenvalue weighted by atomic mass is 16.5. The third-order valence-electron chi connectivity index (χ3n) is 1.82. The summed E-state index contributed by atoms with van der Waals surface area (Å²) in [5, 5.41) is 0. The van der Waals surface area contributed by atoms with Gasteiger partial charge in [-0.15, -0.1) is 0 Å². The monoisotopic (exact) mass is 190 g/mol. The van der Waals surface area contributed by atoms with Crippen LogP contribution in [0.3, 0.4) is 0 Å². The summed E-state index contributed by atoms with van der Waals surface area (Å²) in [5.74, 6) is -0.319. The molecule has 2 heteroatoms. The first kappa shape index (κ1) is 10.5. The van der Waals surface area contributed by atoms with E-state index in [-0.39, 0.29) is 5.97 Å². The van der Waals surface area contributed by atoms with E-state index in [4.69, 9.17) is 4.74 Å². The van der Waals surface area contributed by atoms with Crippen LogP contribution >= 0.6 is 0 Å². The number of hydrogen-bond acceptors (Lipinski definition) is 2. The second-order valence-electron chi connectivity index (χ2n) is 3.15. The molecule has 0 aliphatic carbocycles. The van der Waals surface area contributed by atoms with E-state index in [2.05, 4.69) is 6.58 Å². The topological polar surface area (TPSA) is 26.3 Å². The molecule has 2 nitrogen and oxygen atoms in total. The second-order valence-corrected chi connectivity index (χ2v) is 3.15. The van der Waals surface area contributed by atoms with Crippen molar-refractivity contribution < 1.29 is 9.53 Å². The molecule has 0 N–H and O–H groups in total. The molecule has 0 fully saturated rings. The number of carbonyl (C=O) groups is 1. The molecule has 0 spiro atoms. The zero-order valence-corrected chi connectivity index (χ0v) is 8.32. The highest BCUT2D eigenvalue weighted by Gasteiger charge is 2.01. The van der Waals surface area contributed by atoms with Crippen LogP contribution in [0.25, 0.3) is 0 Å². The fraction of sp³-hybridized carbons (Fsp3) is 0.250. The van der Waals surface area contributed by atoms with Gasteiger partial charge in [0.15, 0.2) is 0 Å². The van der Waals surface area contributed by atoms with Crippen molar-refractivity contribution in [1.82, 2.24) is 0 Å². The smallest absolute Gasteiger partial charge is 0.333 e. The summed E-state index contributed by atoms with van der Waals surface area (Å²) >= 11 is 0. The lowest BCUT2D eigenvalue weighted by Crippen LogP contribution is -2.07. The Hall–Kier alpha value is -1.57. The minimum Gasteiger partial charge on any atom is -0.462 e. The average molecular weight is 190 g/mol. The van der Waals surface area contributed by atoms with Gasteiger partial charge in [-0.2, -0.15) is 0 Å². The molecule has 0 atom stereocenters. The lowest BCUT2D eigenvalue weighted by Gasteiger charge is -2.03. The van der Waals surface area contributed by atoms with Gasteiger partial charge in [0.05, 0.1) is 6.61 Å². The van der Waals surface area contributed by atoms with Crippen LogP contribution in [0.15, 0.2) is 42.5 Å². The third-order valence-corrected chi connectivity index (χ3v) is 1.82. The molecule has 0 saturated carbocycles. The molecule has 0 unspecified atom stereocenters. The van der Waals surface area contributed by atoms with Crippen LogP contribution in [-0.2, 0) is 16.0 Å². The molecular formula is C12H14O2. The van der Waals surface area contributed by atoms with E-state index in [1.54, 1.807) is 6.92 Å². The fourth-order valence-corrected chi connectivity index (χ4v) is 1.03. The summed E-state index contributed by atoms with van der Waals surface area (Å²) < 4.78 is 4.97. The van der Waals surface area contributed by atoms with Gasteiger partial charge in [-0.25, -0.2) is 4.79 Å². The Morgan fingerprint density at radius 3 is 2.57 bits per heavy atom.